The molecule has 1 aromatic rings. The standard InChI is InChI=1S/C16H25ClN2O2/c1-4-14(20)7-8-18-12(3)9-16(21)19-13-6-5-11(2)15(17)10-13/h5-6,10,12,14,18,20H,4,7-9H2,1-3H3,(H,19,21). The zero-order valence-electron chi connectivity index (χ0n) is 12.9. The second kappa shape index (κ2) is 9.03. The predicted octanol–water partition coefficient (Wildman–Crippen LogP) is 3.12. The molecule has 0 aliphatic carbocycles. The molecule has 1 amide bonds. The number of anilines is 1. The molecule has 0 bridgehead atoms. The normalized spacial score (nSPS) is 13.8. The number of benzene rings is 1. The first-order chi connectivity index (χ1) is 9.92. The van der Waals surface area contributed by atoms with Crippen LogP contribution in [0.25, 0.3) is 0 Å². The zero-order chi connectivity index (χ0) is 15.8. The van der Waals surface area contributed by atoms with Crippen LogP contribution in [0.4, 0.5) is 5.69 Å². The van der Waals surface area contributed by atoms with Gasteiger partial charge in [-0.2, -0.15) is 0 Å². The van der Waals surface area contributed by atoms with Crippen LogP contribution in [0.3, 0.4) is 0 Å². The van der Waals surface area contributed by atoms with Gasteiger partial charge in [0, 0.05) is 23.2 Å². The van der Waals surface area contributed by atoms with E-state index in [2.05, 4.69) is 10.6 Å². The van der Waals surface area contributed by atoms with Gasteiger partial charge in [0.25, 0.3) is 0 Å². The minimum atomic E-state index is -0.270. The van der Waals surface area contributed by atoms with Gasteiger partial charge in [-0.1, -0.05) is 24.6 Å². The van der Waals surface area contributed by atoms with E-state index in [9.17, 15) is 9.90 Å². The van der Waals surface area contributed by atoms with Crippen LogP contribution in [0.5, 0.6) is 0 Å². The van der Waals surface area contributed by atoms with Gasteiger partial charge >= 0.3 is 0 Å². The fourth-order valence-electron chi connectivity index (χ4n) is 1.93. The summed E-state index contributed by atoms with van der Waals surface area (Å²) >= 11 is 6.03. The third-order valence-electron chi connectivity index (χ3n) is 3.39. The van der Waals surface area contributed by atoms with E-state index >= 15 is 0 Å². The Morgan fingerprint density at radius 3 is 2.76 bits per heavy atom. The number of halogens is 1. The fraction of sp³-hybridized carbons (Fsp3) is 0.562. The SMILES string of the molecule is CCC(O)CCNC(C)CC(=O)Nc1ccc(C)c(Cl)c1. The Balaban J connectivity index is 2.33. The van der Waals surface area contributed by atoms with Crippen molar-refractivity contribution in [2.24, 2.45) is 0 Å². The summed E-state index contributed by atoms with van der Waals surface area (Å²) in [6.07, 6.45) is 1.57. The first kappa shape index (κ1) is 18.0. The number of carbonyl (C=O) groups excluding carboxylic acids is 1. The summed E-state index contributed by atoms with van der Waals surface area (Å²) in [5.74, 6) is -0.0500. The van der Waals surface area contributed by atoms with Gasteiger partial charge < -0.3 is 15.7 Å². The lowest BCUT2D eigenvalue weighted by molar-refractivity contribution is -0.116. The Labute approximate surface area is 131 Å². The molecule has 0 aliphatic heterocycles. The summed E-state index contributed by atoms with van der Waals surface area (Å²) in [6, 6.07) is 5.54. The highest BCUT2D eigenvalue weighted by Crippen LogP contribution is 2.20. The summed E-state index contributed by atoms with van der Waals surface area (Å²) in [5, 5.41) is 16.2. The number of aliphatic hydroxyl groups is 1. The van der Waals surface area contributed by atoms with Crippen molar-refractivity contribution >= 4 is 23.2 Å². The summed E-state index contributed by atoms with van der Waals surface area (Å²) in [4.78, 5) is 11.9. The molecule has 1 rings (SSSR count). The average molecular weight is 313 g/mol. The molecule has 2 unspecified atom stereocenters. The smallest absolute Gasteiger partial charge is 0.225 e. The monoisotopic (exact) mass is 312 g/mol. The first-order valence-corrected chi connectivity index (χ1v) is 7.77. The molecular weight excluding hydrogens is 288 g/mol. The van der Waals surface area contributed by atoms with Gasteiger partial charge in [-0.15, -0.1) is 0 Å². The molecule has 0 fully saturated rings. The van der Waals surface area contributed by atoms with E-state index in [1.807, 2.05) is 32.9 Å². The van der Waals surface area contributed by atoms with Crippen LogP contribution >= 0.6 is 11.6 Å². The topological polar surface area (TPSA) is 61.4 Å². The quantitative estimate of drug-likeness (QED) is 0.691. The summed E-state index contributed by atoms with van der Waals surface area (Å²) < 4.78 is 0. The molecule has 21 heavy (non-hydrogen) atoms. The van der Waals surface area contributed by atoms with Crippen molar-refractivity contribution in [3.63, 3.8) is 0 Å². The molecule has 0 saturated carbocycles. The molecule has 0 saturated heterocycles. The highest BCUT2D eigenvalue weighted by atomic mass is 35.5. The Morgan fingerprint density at radius 2 is 2.14 bits per heavy atom. The van der Waals surface area contributed by atoms with Gasteiger partial charge in [-0.3, -0.25) is 4.79 Å². The molecule has 5 heteroatoms. The molecule has 2 atom stereocenters. The Kier molecular flexibility index (Phi) is 7.72. The summed E-state index contributed by atoms with van der Waals surface area (Å²) in [7, 11) is 0. The Bertz CT molecular complexity index is 466. The second-order valence-corrected chi connectivity index (χ2v) is 5.83. The molecule has 3 N–H and O–H groups in total. The molecule has 0 aliphatic rings. The number of hydrogen-bond donors (Lipinski definition) is 3. The van der Waals surface area contributed by atoms with E-state index in [0.29, 0.717) is 30.1 Å². The Morgan fingerprint density at radius 1 is 1.43 bits per heavy atom. The maximum Gasteiger partial charge on any atom is 0.225 e. The number of rotatable bonds is 8. The van der Waals surface area contributed by atoms with Gasteiger partial charge in [-0.05, 0) is 50.9 Å². The van der Waals surface area contributed by atoms with Gasteiger partial charge in [0.2, 0.25) is 5.91 Å². The van der Waals surface area contributed by atoms with Crippen molar-refractivity contribution in [1.29, 1.82) is 0 Å². The number of amides is 1. The molecule has 1 aromatic carbocycles. The zero-order valence-corrected chi connectivity index (χ0v) is 13.7. The minimum absolute atomic E-state index is 0.0500. The number of aliphatic hydroxyl groups excluding tert-OH is 1. The second-order valence-electron chi connectivity index (χ2n) is 5.42. The highest BCUT2D eigenvalue weighted by Gasteiger charge is 2.10. The van der Waals surface area contributed by atoms with Gasteiger partial charge in [0.1, 0.15) is 0 Å². The molecule has 0 spiro atoms. The largest absolute Gasteiger partial charge is 0.393 e. The lowest BCUT2D eigenvalue weighted by Crippen LogP contribution is -2.32. The Hall–Kier alpha value is -1.10. The van der Waals surface area contributed by atoms with Crippen molar-refractivity contribution in [1.82, 2.24) is 5.32 Å². The lowest BCUT2D eigenvalue weighted by Gasteiger charge is -2.15. The lowest BCUT2D eigenvalue weighted by atomic mass is 10.1. The predicted molar refractivity (Wildman–Crippen MR) is 87.8 cm³/mol. The third kappa shape index (κ3) is 6.93. The number of carbonyl (C=O) groups is 1. The van der Waals surface area contributed by atoms with Crippen LogP contribution in [0.1, 0.15) is 38.7 Å². The van der Waals surface area contributed by atoms with E-state index < -0.39 is 0 Å². The third-order valence-corrected chi connectivity index (χ3v) is 3.80. The van der Waals surface area contributed by atoms with Crippen molar-refractivity contribution in [3.8, 4) is 0 Å². The summed E-state index contributed by atoms with van der Waals surface area (Å²) in [6.45, 7) is 6.54. The van der Waals surface area contributed by atoms with E-state index in [0.717, 1.165) is 12.0 Å². The van der Waals surface area contributed by atoms with Crippen molar-refractivity contribution < 1.29 is 9.90 Å². The van der Waals surface area contributed by atoms with Gasteiger partial charge in [-0.25, -0.2) is 0 Å². The molecule has 0 radical (unpaired) electrons. The van der Waals surface area contributed by atoms with E-state index in [1.54, 1.807) is 6.07 Å². The number of hydrogen-bond acceptors (Lipinski definition) is 3. The van der Waals surface area contributed by atoms with Crippen LogP contribution in [-0.2, 0) is 4.79 Å². The van der Waals surface area contributed by atoms with Gasteiger partial charge in [0.15, 0.2) is 0 Å². The number of aryl methyl sites for hydroxylation is 1. The van der Waals surface area contributed by atoms with Crippen LogP contribution < -0.4 is 10.6 Å². The van der Waals surface area contributed by atoms with Crippen molar-refractivity contribution in [2.45, 2.75) is 52.2 Å². The summed E-state index contributed by atoms with van der Waals surface area (Å²) in [5.41, 5.74) is 1.70. The minimum Gasteiger partial charge on any atom is -0.393 e. The molecule has 0 aromatic heterocycles. The molecular formula is C16H25ClN2O2. The fourth-order valence-corrected chi connectivity index (χ4v) is 2.11. The van der Waals surface area contributed by atoms with E-state index in [4.69, 9.17) is 11.6 Å². The van der Waals surface area contributed by atoms with E-state index in [-0.39, 0.29) is 18.1 Å². The molecule has 4 nitrogen and oxygen atoms in total. The van der Waals surface area contributed by atoms with Crippen LogP contribution in [0, 0.1) is 6.92 Å². The maximum atomic E-state index is 11.9. The highest BCUT2D eigenvalue weighted by molar-refractivity contribution is 6.31. The molecule has 0 heterocycles. The van der Waals surface area contributed by atoms with Crippen LogP contribution in [0.2, 0.25) is 5.02 Å². The van der Waals surface area contributed by atoms with Crippen LogP contribution in [-0.4, -0.2) is 29.7 Å². The first-order valence-electron chi connectivity index (χ1n) is 7.39. The average Bonchev–Trinajstić information content (AvgIpc) is 2.42. The van der Waals surface area contributed by atoms with Crippen molar-refractivity contribution in [2.75, 3.05) is 11.9 Å². The molecule has 118 valence electrons. The van der Waals surface area contributed by atoms with E-state index in [1.165, 1.54) is 0 Å². The van der Waals surface area contributed by atoms with Crippen LogP contribution in [0.15, 0.2) is 18.2 Å². The van der Waals surface area contributed by atoms with Gasteiger partial charge in [0.05, 0.1) is 6.10 Å². The van der Waals surface area contributed by atoms with Crippen molar-refractivity contribution in [3.05, 3.63) is 28.8 Å². The number of nitrogens with one attached hydrogen (secondary N) is 2. The maximum absolute atomic E-state index is 11.9.